The average molecular weight is 211 g/mol. The fraction of sp³-hybridized carbons (Fsp3) is 0.154. The molecule has 0 unspecified atom stereocenters. The molecule has 0 aliphatic rings. The third kappa shape index (κ3) is 1.69. The predicted molar refractivity (Wildman–Crippen MR) is 68.1 cm³/mol. The summed E-state index contributed by atoms with van der Waals surface area (Å²) in [5.41, 5.74) is 1.94. The first-order valence-corrected chi connectivity index (χ1v) is 5.05. The van der Waals surface area contributed by atoms with Gasteiger partial charge in [0, 0.05) is 30.6 Å². The fourth-order valence-electron chi connectivity index (χ4n) is 1.81. The summed E-state index contributed by atoms with van der Waals surface area (Å²) in [4.78, 5) is 6.00. The zero-order valence-electron chi connectivity index (χ0n) is 9.36. The molecule has 80 valence electrons. The molecule has 0 saturated heterocycles. The Labute approximate surface area is 94.5 Å². The van der Waals surface area contributed by atoms with Crippen molar-refractivity contribution >= 4 is 28.2 Å². The molecule has 3 nitrogen and oxygen atoms in total. The van der Waals surface area contributed by atoms with Crippen molar-refractivity contribution < 1.29 is 0 Å². The first-order valence-electron chi connectivity index (χ1n) is 5.05. The molecule has 2 aromatic rings. The van der Waals surface area contributed by atoms with Crippen molar-refractivity contribution in [3.05, 3.63) is 36.4 Å². The van der Waals surface area contributed by atoms with Crippen LogP contribution < -0.4 is 4.90 Å². The van der Waals surface area contributed by atoms with E-state index in [1.54, 1.807) is 0 Å². The molecule has 0 atom stereocenters. The standard InChI is InChI=1S/C13H13N3/c1-16(2)13-8-7-12(15-9-14)10-5-3-4-6-11(10)13/h3-8,14H,1-2H3. The minimum absolute atomic E-state index is 0.788. The number of benzene rings is 2. The second kappa shape index (κ2) is 4.17. The highest BCUT2D eigenvalue weighted by Gasteiger charge is 2.05. The Balaban J connectivity index is 2.81. The minimum atomic E-state index is 0.788. The molecule has 16 heavy (non-hydrogen) atoms. The van der Waals surface area contributed by atoms with Gasteiger partial charge in [0.25, 0.3) is 0 Å². The first kappa shape index (κ1) is 10.4. The number of aliphatic imine (C=N–C) groups is 1. The largest absolute Gasteiger partial charge is 0.377 e. The average Bonchev–Trinajstić information content (AvgIpc) is 2.29. The number of nitrogens with one attached hydrogen (secondary N) is 1. The van der Waals surface area contributed by atoms with E-state index in [2.05, 4.69) is 22.0 Å². The molecule has 0 saturated carbocycles. The highest BCUT2D eigenvalue weighted by atomic mass is 15.1. The Hall–Kier alpha value is -2.12. The molecular weight excluding hydrogens is 198 g/mol. The smallest absolute Gasteiger partial charge is 0.0918 e. The van der Waals surface area contributed by atoms with Gasteiger partial charge in [0.15, 0.2) is 0 Å². The lowest BCUT2D eigenvalue weighted by Crippen LogP contribution is -2.08. The fourth-order valence-corrected chi connectivity index (χ4v) is 1.81. The van der Waals surface area contributed by atoms with E-state index < -0.39 is 0 Å². The minimum Gasteiger partial charge on any atom is -0.377 e. The van der Waals surface area contributed by atoms with E-state index in [9.17, 15) is 0 Å². The second-order valence-electron chi connectivity index (χ2n) is 3.77. The quantitative estimate of drug-likeness (QED) is 0.761. The lowest BCUT2D eigenvalue weighted by atomic mass is 10.1. The zero-order valence-corrected chi connectivity index (χ0v) is 9.36. The normalized spacial score (nSPS) is 9.88. The molecule has 1 N–H and O–H groups in total. The van der Waals surface area contributed by atoms with E-state index in [4.69, 9.17) is 5.41 Å². The van der Waals surface area contributed by atoms with E-state index in [1.165, 1.54) is 0 Å². The molecule has 0 aromatic heterocycles. The maximum absolute atomic E-state index is 6.93. The van der Waals surface area contributed by atoms with Crippen LogP contribution in [-0.2, 0) is 0 Å². The maximum Gasteiger partial charge on any atom is 0.0918 e. The summed E-state index contributed by atoms with van der Waals surface area (Å²) in [6.07, 6.45) is 0. The molecule has 0 aliphatic heterocycles. The molecule has 0 spiro atoms. The van der Waals surface area contributed by atoms with E-state index >= 15 is 0 Å². The monoisotopic (exact) mass is 211 g/mol. The van der Waals surface area contributed by atoms with Crippen LogP contribution in [0, 0.1) is 5.41 Å². The van der Waals surface area contributed by atoms with Crippen LogP contribution in [0.3, 0.4) is 0 Å². The molecule has 3 heteroatoms. The molecule has 2 rings (SSSR count). The van der Waals surface area contributed by atoms with Gasteiger partial charge in [0.2, 0.25) is 0 Å². The van der Waals surface area contributed by atoms with Crippen LogP contribution in [-0.4, -0.2) is 20.1 Å². The molecular formula is C13H13N3. The first-order chi connectivity index (χ1) is 7.74. The van der Waals surface area contributed by atoms with Crippen molar-refractivity contribution in [1.29, 1.82) is 5.41 Å². The lowest BCUT2D eigenvalue weighted by Gasteiger charge is -2.16. The third-order valence-electron chi connectivity index (χ3n) is 2.54. The summed E-state index contributed by atoms with van der Waals surface area (Å²) in [7, 11) is 4.03. The number of fused-ring (bicyclic) bond motifs is 1. The lowest BCUT2D eigenvalue weighted by molar-refractivity contribution is 1.14. The third-order valence-corrected chi connectivity index (χ3v) is 2.54. The Morgan fingerprint density at radius 3 is 2.38 bits per heavy atom. The summed E-state index contributed by atoms with van der Waals surface area (Å²) in [6, 6.07) is 14.1. The number of nitrogens with zero attached hydrogens (tertiary/aromatic N) is 2. The van der Waals surface area contributed by atoms with Gasteiger partial charge in [-0.1, -0.05) is 24.3 Å². The highest BCUT2D eigenvalue weighted by Crippen LogP contribution is 2.32. The van der Waals surface area contributed by atoms with E-state index in [-0.39, 0.29) is 0 Å². The van der Waals surface area contributed by atoms with Crippen LogP contribution in [0.2, 0.25) is 0 Å². The number of anilines is 1. The van der Waals surface area contributed by atoms with Gasteiger partial charge < -0.3 is 4.90 Å². The Morgan fingerprint density at radius 1 is 1.06 bits per heavy atom. The summed E-state index contributed by atoms with van der Waals surface area (Å²) in [5, 5.41) is 9.12. The predicted octanol–water partition coefficient (Wildman–Crippen LogP) is 3.29. The van der Waals surface area contributed by atoms with Crippen LogP contribution in [0.1, 0.15) is 0 Å². The number of rotatable bonds is 2. The van der Waals surface area contributed by atoms with Crippen LogP contribution in [0.5, 0.6) is 0 Å². The molecule has 0 fully saturated rings. The summed E-state index contributed by atoms with van der Waals surface area (Å²) in [5.74, 6) is 0. The van der Waals surface area contributed by atoms with Gasteiger partial charge in [0.1, 0.15) is 0 Å². The highest BCUT2D eigenvalue weighted by molar-refractivity contribution is 6.01. The van der Waals surface area contributed by atoms with Crippen molar-refractivity contribution in [1.82, 2.24) is 0 Å². The van der Waals surface area contributed by atoms with Gasteiger partial charge in [-0.05, 0) is 12.1 Å². The van der Waals surface area contributed by atoms with E-state index in [1.807, 2.05) is 44.4 Å². The van der Waals surface area contributed by atoms with Gasteiger partial charge in [-0.15, -0.1) is 0 Å². The topological polar surface area (TPSA) is 39.5 Å². The molecule has 0 aliphatic carbocycles. The van der Waals surface area contributed by atoms with Crippen LogP contribution in [0.4, 0.5) is 11.4 Å². The van der Waals surface area contributed by atoms with Crippen LogP contribution >= 0.6 is 0 Å². The molecule has 2 aromatic carbocycles. The second-order valence-corrected chi connectivity index (χ2v) is 3.77. The number of hydrogen-bond acceptors (Lipinski definition) is 3. The van der Waals surface area contributed by atoms with Gasteiger partial charge >= 0.3 is 0 Å². The van der Waals surface area contributed by atoms with Crippen molar-refractivity contribution in [2.75, 3.05) is 19.0 Å². The zero-order chi connectivity index (χ0) is 11.5. The molecule has 0 amide bonds. The van der Waals surface area contributed by atoms with E-state index in [0.717, 1.165) is 22.1 Å². The van der Waals surface area contributed by atoms with E-state index in [0.29, 0.717) is 0 Å². The SMILES string of the molecule is CN(C)c1ccc(N=C=N)c2ccccc12. The molecule has 0 heterocycles. The maximum atomic E-state index is 6.93. The summed E-state index contributed by atoms with van der Waals surface area (Å²) >= 11 is 0. The van der Waals surface area contributed by atoms with Gasteiger partial charge in [-0.2, -0.15) is 4.99 Å². The molecule has 0 bridgehead atoms. The van der Waals surface area contributed by atoms with Crippen molar-refractivity contribution in [3.63, 3.8) is 0 Å². The van der Waals surface area contributed by atoms with Crippen LogP contribution in [0.25, 0.3) is 10.8 Å². The van der Waals surface area contributed by atoms with Gasteiger partial charge in [-0.25, -0.2) is 5.41 Å². The Bertz CT molecular complexity index is 566. The van der Waals surface area contributed by atoms with Gasteiger partial charge in [-0.3, -0.25) is 0 Å². The van der Waals surface area contributed by atoms with Crippen LogP contribution in [0.15, 0.2) is 41.4 Å². The molecule has 0 radical (unpaired) electrons. The summed E-state index contributed by atoms with van der Waals surface area (Å²) in [6.45, 7) is 0. The van der Waals surface area contributed by atoms with Crippen molar-refractivity contribution in [2.24, 2.45) is 4.99 Å². The van der Waals surface area contributed by atoms with Gasteiger partial charge in [0.05, 0.1) is 11.7 Å². The Morgan fingerprint density at radius 2 is 1.75 bits per heavy atom. The summed E-state index contributed by atoms with van der Waals surface area (Å²) < 4.78 is 0. The Kier molecular flexibility index (Phi) is 2.71. The number of hydrogen-bond donors (Lipinski definition) is 1. The van der Waals surface area contributed by atoms with Crippen molar-refractivity contribution in [3.8, 4) is 0 Å². The van der Waals surface area contributed by atoms with Crippen molar-refractivity contribution in [2.45, 2.75) is 0 Å².